The van der Waals surface area contributed by atoms with Crippen molar-refractivity contribution in [1.82, 2.24) is 19.8 Å². The number of benzene rings is 3. The van der Waals surface area contributed by atoms with Crippen LogP contribution in [0.2, 0.25) is 0 Å². The van der Waals surface area contributed by atoms with Crippen molar-refractivity contribution in [2.24, 2.45) is 0 Å². The lowest BCUT2D eigenvalue weighted by atomic mass is 9.97. The van der Waals surface area contributed by atoms with Gasteiger partial charge in [0.15, 0.2) is 0 Å². The molecule has 0 unspecified atom stereocenters. The van der Waals surface area contributed by atoms with E-state index in [0.717, 1.165) is 16.7 Å². The number of rotatable bonds is 3. The number of carbonyl (C=O) groups excluding carboxylic acids is 2. The van der Waals surface area contributed by atoms with Gasteiger partial charge in [-0.1, -0.05) is 48.5 Å². The van der Waals surface area contributed by atoms with Gasteiger partial charge in [-0.15, -0.1) is 0 Å². The van der Waals surface area contributed by atoms with E-state index in [9.17, 15) is 14.0 Å². The smallest absolute Gasteiger partial charge is 0.273 e. The first-order valence-corrected chi connectivity index (χ1v) is 11.9. The maximum absolute atomic E-state index is 13.8. The van der Waals surface area contributed by atoms with E-state index in [0.29, 0.717) is 48.1 Å². The lowest BCUT2D eigenvalue weighted by molar-refractivity contribution is 0.0746. The Bertz CT molecular complexity index is 1500. The monoisotopic (exact) mass is 481 g/mol. The van der Waals surface area contributed by atoms with Crippen molar-refractivity contribution in [2.45, 2.75) is 25.7 Å². The van der Waals surface area contributed by atoms with E-state index >= 15 is 0 Å². The highest BCUT2D eigenvalue weighted by Gasteiger charge is 2.29. The number of amides is 2. The molecule has 7 nitrogen and oxygen atoms in total. The second kappa shape index (κ2) is 8.71. The van der Waals surface area contributed by atoms with Gasteiger partial charge in [0, 0.05) is 30.6 Å². The molecule has 0 aliphatic carbocycles. The normalized spacial score (nSPS) is 17.0. The molecule has 2 aliphatic rings. The maximum Gasteiger partial charge on any atom is 0.273 e. The SMILES string of the molecule is Nc1nc(C(=O)N2Cc3ccccc3C2)c2cc(-c3ccccc3C(=O)N3CC[C@H](F)C3)ccc2n1. The number of aromatic nitrogens is 2. The molecule has 0 bridgehead atoms. The molecule has 1 aromatic heterocycles. The summed E-state index contributed by atoms with van der Waals surface area (Å²) in [5, 5.41) is 0.565. The highest BCUT2D eigenvalue weighted by atomic mass is 19.1. The zero-order valence-electron chi connectivity index (χ0n) is 19.5. The molecule has 0 spiro atoms. The number of anilines is 1. The average molecular weight is 482 g/mol. The molecule has 4 aromatic rings. The van der Waals surface area contributed by atoms with Crippen molar-refractivity contribution in [3.63, 3.8) is 0 Å². The van der Waals surface area contributed by atoms with Gasteiger partial charge in [-0.25, -0.2) is 14.4 Å². The summed E-state index contributed by atoms with van der Waals surface area (Å²) in [5.41, 5.74) is 10.9. The molecule has 1 saturated heterocycles. The third-order valence-corrected chi connectivity index (χ3v) is 6.93. The first-order chi connectivity index (χ1) is 17.5. The third-order valence-electron chi connectivity index (χ3n) is 6.93. The number of alkyl halides is 1. The third kappa shape index (κ3) is 3.84. The molecule has 0 radical (unpaired) electrons. The van der Waals surface area contributed by atoms with Crippen molar-refractivity contribution in [2.75, 3.05) is 18.8 Å². The topological polar surface area (TPSA) is 92.4 Å². The maximum atomic E-state index is 13.8. The molecule has 180 valence electrons. The predicted octanol–water partition coefficient (Wildman–Crippen LogP) is 4.22. The van der Waals surface area contributed by atoms with Crippen LogP contribution in [0.4, 0.5) is 10.3 Å². The molecule has 2 amide bonds. The van der Waals surface area contributed by atoms with Gasteiger partial charge in [0.2, 0.25) is 5.95 Å². The number of halogens is 1. The number of hydrogen-bond acceptors (Lipinski definition) is 5. The Balaban J connectivity index is 1.40. The first-order valence-electron chi connectivity index (χ1n) is 11.9. The Morgan fingerprint density at radius 1 is 0.889 bits per heavy atom. The van der Waals surface area contributed by atoms with E-state index in [1.165, 1.54) is 0 Å². The summed E-state index contributed by atoms with van der Waals surface area (Å²) >= 11 is 0. The minimum atomic E-state index is -0.991. The predicted molar refractivity (Wildman–Crippen MR) is 135 cm³/mol. The van der Waals surface area contributed by atoms with Crippen LogP contribution in [0, 0.1) is 0 Å². The van der Waals surface area contributed by atoms with Crippen LogP contribution in [0.5, 0.6) is 0 Å². The van der Waals surface area contributed by atoms with E-state index in [4.69, 9.17) is 5.73 Å². The van der Waals surface area contributed by atoms with Crippen molar-refractivity contribution < 1.29 is 14.0 Å². The molecule has 6 rings (SSSR count). The van der Waals surface area contributed by atoms with Crippen molar-refractivity contribution >= 4 is 28.7 Å². The minimum absolute atomic E-state index is 0.0284. The van der Waals surface area contributed by atoms with E-state index < -0.39 is 6.17 Å². The van der Waals surface area contributed by atoms with Gasteiger partial charge in [0.1, 0.15) is 11.9 Å². The first kappa shape index (κ1) is 22.2. The highest BCUT2D eigenvalue weighted by Crippen LogP contribution is 2.31. The van der Waals surface area contributed by atoms with E-state index in [1.54, 1.807) is 28.0 Å². The summed E-state index contributed by atoms with van der Waals surface area (Å²) in [6.07, 6.45) is -0.635. The van der Waals surface area contributed by atoms with Crippen molar-refractivity contribution in [1.29, 1.82) is 0 Å². The zero-order chi connectivity index (χ0) is 24.8. The fourth-order valence-electron chi connectivity index (χ4n) is 5.10. The number of hydrogen-bond donors (Lipinski definition) is 1. The van der Waals surface area contributed by atoms with Gasteiger partial charge in [-0.3, -0.25) is 9.59 Å². The minimum Gasteiger partial charge on any atom is -0.368 e. The fourth-order valence-corrected chi connectivity index (χ4v) is 5.10. The Morgan fingerprint density at radius 2 is 1.61 bits per heavy atom. The fraction of sp³-hybridized carbons (Fsp3) is 0.214. The Hall–Kier alpha value is -4.33. The van der Waals surface area contributed by atoms with Gasteiger partial charge in [-0.2, -0.15) is 0 Å². The zero-order valence-corrected chi connectivity index (χ0v) is 19.5. The number of carbonyl (C=O) groups is 2. The Kier molecular flexibility index (Phi) is 5.36. The van der Waals surface area contributed by atoms with Crippen LogP contribution >= 0.6 is 0 Å². The summed E-state index contributed by atoms with van der Waals surface area (Å²) in [7, 11) is 0. The Morgan fingerprint density at radius 3 is 2.33 bits per heavy atom. The number of nitrogens with zero attached hydrogens (tertiary/aromatic N) is 4. The molecule has 2 N–H and O–H groups in total. The summed E-state index contributed by atoms with van der Waals surface area (Å²) in [5.74, 6) is -0.399. The molecule has 36 heavy (non-hydrogen) atoms. The van der Waals surface area contributed by atoms with Crippen molar-refractivity contribution in [3.05, 3.63) is 89.1 Å². The standard InChI is InChI=1S/C28H24FN5O2/c29-20-11-12-33(16-20)26(35)22-8-4-3-7-21(22)17-9-10-24-23(13-17)25(32-28(30)31-24)27(36)34-14-18-5-1-2-6-19(18)15-34/h1-10,13,20H,11-12,14-16H2,(H2,30,31,32)/t20-/m0/s1. The van der Waals surface area contributed by atoms with Gasteiger partial charge in [-0.05, 0) is 46.9 Å². The van der Waals surface area contributed by atoms with Crippen LogP contribution < -0.4 is 5.73 Å². The molecule has 0 saturated carbocycles. The average Bonchev–Trinajstić information content (AvgIpc) is 3.53. The van der Waals surface area contributed by atoms with Crippen LogP contribution in [-0.4, -0.2) is 50.8 Å². The lowest BCUT2D eigenvalue weighted by Crippen LogP contribution is -2.29. The summed E-state index contributed by atoms with van der Waals surface area (Å²) in [6, 6.07) is 20.7. The van der Waals surface area contributed by atoms with Crippen LogP contribution in [0.25, 0.3) is 22.0 Å². The van der Waals surface area contributed by atoms with Gasteiger partial charge < -0.3 is 15.5 Å². The molecule has 2 aliphatic heterocycles. The largest absolute Gasteiger partial charge is 0.368 e. The van der Waals surface area contributed by atoms with Gasteiger partial charge in [0.05, 0.1) is 12.1 Å². The van der Waals surface area contributed by atoms with E-state index in [-0.39, 0.29) is 30.0 Å². The number of nitrogens with two attached hydrogens (primary N) is 1. The number of nitrogen functional groups attached to an aromatic ring is 1. The second-order valence-corrected chi connectivity index (χ2v) is 9.27. The van der Waals surface area contributed by atoms with Crippen LogP contribution in [-0.2, 0) is 13.1 Å². The van der Waals surface area contributed by atoms with Crippen LogP contribution in [0.15, 0.2) is 66.7 Å². The Labute approximate surface area is 207 Å². The van der Waals surface area contributed by atoms with Gasteiger partial charge >= 0.3 is 0 Å². The molecular formula is C28H24FN5O2. The van der Waals surface area contributed by atoms with Crippen LogP contribution in [0.3, 0.4) is 0 Å². The lowest BCUT2D eigenvalue weighted by Gasteiger charge is -2.19. The molecular weight excluding hydrogens is 457 g/mol. The molecule has 1 atom stereocenters. The highest BCUT2D eigenvalue weighted by molar-refractivity contribution is 6.07. The summed E-state index contributed by atoms with van der Waals surface area (Å²) < 4.78 is 13.8. The molecule has 3 heterocycles. The quantitative estimate of drug-likeness (QED) is 0.473. The molecule has 1 fully saturated rings. The second-order valence-electron chi connectivity index (χ2n) is 9.27. The van der Waals surface area contributed by atoms with E-state index in [1.807, 2.05) is 48.5 Å². The molecule has 8 heteroatoms. The van der Waals surface area contributed by atoms with E-state index in [2.05, 4.69) is 9.97 Å². The van der Waals surface area contributed by atoms with Gasteiger partial charge in [0.25, 0.3) is 11.8 Å². The van der Waals surface area contributed by atoms with Crippen LogP contribution in [0.1, 0.15) is 38.4 Å². The van der Waals surface area contributed by atoms with Crippen molar-refractivity contribution in [3.8, 4) is 11.1 Å². The number of fused-ring (bicyclic) bond motifs is 2. The molecule has 3 aromatic carbocycles. The summed E-state index contributed by atoms with van der Waals surface area (Å²) in [4.78, 5) is 38.8. The number of likely N-dealkylation sites (tertiary alicyclic amines) is 1. The summed E-state index contributed by atoms with van der Waals surface area (Å²) in [6.45, 7) is 1.51.